The molecule has 1 aliphatic carbocycles. The first-order valence-corrected chi connectivity index (χ1v) is 18.7. The highest BCUT2D eigenvalue weighted by Gasteiger charge is 2.23. The lowest BCUT2D eigenvalue weighted by Gasteiger charge is -2.17. The number of aromatic nitrogens is 5. The normalized spacial score (nSPS) is 14.2. The average molecular weight is 722 g/mol. The molecule has 0 radical (unpaired) electrons. The van der Waals surface area contributed by atoms with E-state index in [1.165, 1.54) is 0 Å². The van der Waals surface area contributed by atoms with Crippen molar-refractivity contribution in [2.75, 3.05) is 0 Å². The first-order chi connectivity index (χ1) is 27.7. The first-order valence-electron chi connectivity index (χ1n) is 18.7. The van der Waals surface area contributed by atoms with Crippen LogP contribution in [-0.2, 0) is 0 Å². The Bertz CT molecular complexity index is 3110. The lowest BCUT2D eigenvalue weighted by Crippen LogP contribution is -2.06. The van der Waals surface area contributed by atoms with Crippen molar-refractivity contribution in [2.24, 2.45) is 0 Å². The molecular formula is C49H31N5O2. The highest BCUT2D eigenvalue weighted by molar-refractivity contribution is 6.08. The van der Waals surface area contributed by atoms with Crippen LogP contribution >= 0.6 is 0 Å². The number of rotatable bonds is 6. The zero-order valence-corrected chi connectivity index (χ0v) is 30.0. The van der Waals surface area contributed by atoms with Gasteiger partial charge in [-0.1, -0.05) is 127 Å². The fraction of sp³-hybridized carbons (Fsp3) is 0.0408. The minimum Gasteiger partial charge on any atom is -0.456 e. The van der Waals surface area contributed by atoms with Gasteiger partial charge in [0.2, 0.25) is 0 Å². The second-order valence-electron chi connectivity index (χ2n) is 14.0. The number of hydrogen-bond acceptors (Lipinski definition) is 7. The zero-order chi connectivity index (χ0) is 37.0. The number of fused-ring (bicyclic) bond motifs is 6. The molecule has 0 N–H and O–H groups in total. The number of para-hydroxylation sites is 1. The molecule has 0 saturated heterocycles. The molecule has 0 spiro atoms. The molecule has 6 aromatic carbocycles. The Morgan fingerprint density at radius 3 is 1.80 bits per heavy atom. The van der Waals surface area contributed by atoms with Gasteiger partial charge < -0.3 is 8.83 Å². The molecule has 1 atom stereocenters. The summed E-state index contributed by atoms with van der Waals surface area (Å²) in [6.45, 7) is 0. The van der Waals surface area contributed by atoms with Gasteiger partial charge in [-0.15, -0.1) is 0 Å². The lowest BCUT2D eigenvalue weighted by molar-refractivity contribution is 0.664. The Morgan fingerprint density at radius 1 is 0.446 bits per heavy atom. The molecule has 0 saturated carbocycles. The van der Waals surface area contributed by atoms with E-state index in [4.69, 9.17) is 33.8 Å². The summed E-state index contributed by atoms with van der Waals surface area (Å²) in [5.74, 6) is 2.61. The smallest absolute Gasteiger partial charge is 0.180 e. The Morgan fingerprint density at radius 2 is 1.07 bits per heavy atom. The molecule has 4 heterocycles. The van der Waals surface area contributed by atoms with Crippen LogP contribution < -0.4 is 0 Å². The highest BCUT2D eigenvalue weighted by Crippen LogP contribution is 2.39. The highest BCUT2D eigenvalue weighted by atomic mass is 16.3. The van der Waals surface area contributed by atoms with Crippen molar-refractivity contribution in [1.82, 2.24) is 24.9 Å². The van der Waals surface area contributed by atoms with E-state index in [2.05, 4.69) is 60.7 Å². The fourth-order valence-electron chi connectivity index (χ4n) is 7.65. The summed E-state index contributed by atoms with van der Waals surface area (Å²) >= 11 is 0. The fourth-order valence-corrected chi connectivity index (χ4v) is 7.65. The van der Waals surface area contributed by atoms with Crippen molar-refractivity contribution in [2.45, 2.75) is 12.3 Å². The van der Waals surface area contributed by atoms with Gasteiger partial charge in [0.05, 0.1) is 0 Å². The van der Waals surface area contributed by atoms with Crippen LogP contribution in [0.4, 0.5) is 0 Å². The van der Waals surface area contributed by atoms with Gasteiger partial charge in [0.1, 0.15) is 33.8 Å². The Hall–Kier alpha value is -7.51. The summed E-state index contributed by atoms with van der Waals surface area (Å²) in [4.78, 5) is 25.1. The molecule has 1 unspecified atom stereocenters. The Balaban J connectivity index is 0.973. The second kappa shape index (κ2) is 13.1. The van der Waals surface area contributed by atoms with Crippen LogP contribution in [0.3, 0.4) is 0 Å². The van der Waals surface area contributed by atoms with E-state index in [9.17, 15) is 0 Å². The summed E-state index contributed by atoms with van der Waals surface area (Å²) in [7, 11) is 0. The molecule has 0 aliphatic heterocycles. The molecule has 7 heteroatoms. The van der Waals surface area contributed by atoms with Gasteiger partial charge in [-0.2, -0.15) is 0 Å². The molecule has 11 rings (SSSR count). The van der Waals surface area contributed by atoms with Gasteiger partial charge in [0.15, 0.2) is 23.1 Å². The summed E-state index contributed by atoms with van der Waals surface area (Å²) in [6, 6.07) is 50.9. The quantitative estimate of drug-likeness (QED) is 0.169. The van der Waals surface area contributed by atoms with Gasteiger partial charge in [0.25, 0.3) is 0 Å². The van der Waals surface area contributed by atoms with Crippen molar-refractivity contribution in [1.29, 1.82) is 0 Å². The molecule has 0 amide bonds. The summed E-state index contributed by atoms with van der Waals surface area (Å²) in [5, 5.41) is 3.01. The van der Waals surface area contributed by atoms with Crippen LogP contribution in [0.1, 0.15) is 23.7 Å². The molecule has 7 nitrogen and oxygen atoms in total. The molecule has 10 aromatic rings. The van der Waals surface area contributed by atoms with Crippen LogP contribution in [0.15, 0.2) is 179 Å². The van der Waals surface area contributed by atoms with Gasteiger partial charge in [-0.3, -0.25) is 0 Å². The number of nitrogens with zero attached hydrogens (tertiary/aromatic N) is 5. The van der Waals surface area contributed by atoms with E-state index in [0.29, 0.717) is 23.1 Å². The van der Waals surface area contributed by atoms with E-state index in [0.717, 1.165) is 89.8 Å². The summed E-state index contributed by atoms with van der Waals surface area (Å²) in [6.07, 6.45) is 7.46. The number of benzene rings is 6. The van der Waals surface area contributed by atoms with E-state index in [-0.39, 0.29) is 5.92 Å². The minimum absolute atomic E-state index is 0.0219. The number of furan rings is 2. The van der Waals surface area contributed by atoms with Gasteiger partial charge in [0, 0.05) is 44.3 Å². The molecule has 56 heavy (non-hydrogen) atoms. The minimum atomic E-state index is -0.0219. The van der Waals surface area contributed by atoms with Crippen molar-refractivity contribution in [3.05, 3.63) is 181 Å². The average Bonchev–Trinajstić information content (AvgIpc) is 3.84. The number of allylic oxidation sites excluding steroid dienone is 4. The van der Waals surface area contributed by atoms with Crippen molar-refractivity contribution in [3.8, 4) is 45.4 Å². The van der Waals surface area contributed by atoms with Gasteiger partial charge in [-0.25, -0.2) is 24.9 Å². The molecule has 0 bridgehead atoms. The summed E-state index contributed by atoms with van der Waals surface area (Å²) in [5.41, 5.74) is 10.7. The predicted molar refractivity (Wildman–Crippen MR) is 223 cm³/mol. The van der Waals surface area contributed by atoms with Crippen LogP contribution in [-0.4, -0.2) is 24.9 Å². The van der Waals surface area contributed by atoms with Crippen LogP contribution in [0.2, 0.25) is 0 Å². The van der Waals surface area contributed by atoms with E-state index >= 15 is 0 Å². The third kappa shape index (κ3) is 5.56. The van der Waals surface area contributed by atoms with E-state index < -0.39 is 0 Å². The first kappa shape index (κ1) is 32.0. The summed E-state index contributed by atoms with van der Waals surface area (Å²) < 4.78 is 12.8. The topological polar surface area (TPSA) is 90.7 Å². The largest absolute Gasteiger partial charge is 0.456 e. The lowest BCUT2D eigenvalue weighted by atomic mass is 9.91. The van der Waals surface area contributed by atoms with E-state index in [1.54, 1.807) is 0 Å². The van der Waals surface area contributed by atoms with E-state index in [1.807, 2.05) is 109 Å². The molecular weight excluding hydrogens is 691 g/mol. The monoisotopic (exact) mass is 721 g/mol. The predicted octanol–water partition coefficient (Wildman–Crippen LogP) is 12.3. The van der Waals surface area contributed by atoms with Crippen molar-refractivity contribution >= 4 is 49.6 Å². The molecule has 264 valence electrons. The van der Waals surface area contributed by atoms with Gasteiger partial charge in [-0.05, 0) is 60.0 Å². The SMILES string of the molecule is C1=CC(c2ccc3c(c2)oc2ccc(-c4nc(-c5ccccc5)nc(-c5ccccc5)n4)cc23)=CC(c2nc(-c3ccccc3)c3oc4ccccc4c3n2)C1. The second-order valence-corrected chi connectivity index (χ2v) is 14.0. The zero-order valence-electron chi connectivity index (χ0n) is 30.0. The van der Waals surface area contributed by atoms with Crippen LogP contribution in [0.5, 0.6) is 0 Å². The maximum Gasteiger partial charge on any atom is 0.180 e. The van der Waals surface area contributed by atoms with Crippen molar-refractivity contribution < 1.29 is 8.83 Å². The van der Waals surface area contributed by atoms with Crippen LogP contribution in [0.25, 0.3) is 95.0 Å². The van der Waals surface area contributed by atoms with Gasteiger partial charge >= 0.3 is 0 Å². The maximum absolute atomic E-state index is 6.48. The van der Waals surface area contributed by atoms with Crippen LogP contribution in [0, 0.1) is 0 Å². The molecule has 4 aromatic heterocycles. The number of hydrogen-bond donors (Lipinski definition) is 0. The third-order valence-corrected chi connectivity index (χ3v) is 10.4. The molecule has 1 aliphatic rings. The van der Waals surface area contributed by atoms with Crippen molar-refractivity contribution in [3.63, 3.8) is 0 Å². The Labute approximate surface area is 321 Å². The molecule has 0 fully saturated rings. The maximum atomic E-state index is 6.48. The Kier molecular flexibility index (Phi) is 7.48. The third-order valence-electron chi connectivity index (χ3n) is 10.4. The standard InChI is InChI=1S/C49H31N5O2/c1-4-13-30(14-5-1)43-45-44(38-21-10-11-22-40(38)56-45)51-48(50-43)35-20-12-19-33(27-35)34-23-25-37-39-28-36(24-26-41(39)55-42(37)29-34)49-53-46(31-15-6-2-7-16-31)52-47(54-49)32-17-8-3-9-18-32/h1-19,21-29,35H,20H2.